The van der Waals surface area contributed by atoms with E-state index < -0.39 is 0 Å². The van der Waals surface area contributed by atoms with Gasteiger partial charge in [0, 0.05) is 11.3 Å². The molecule has 0 spiro atoms. The van der Waals surface area contributed by atoms with Crippen LogP contribution in [-0.4, -0.2) is 5.91 Å². The van der Waals surface area contributed by atoms with Gasteiger partial charge in [0.1, 0.15) is 0 Å². The Kier molecular flexibility index (Phi) is 4.23. The van der Waals surface area contributed by atoms with Crippen molar-refractivity contribution in [1.82, 2.24) is 0 Å². The van der Waals surface area contributed by atoms with Gasteiger partial charge in [-0.2, -0.15) is 0 Å². The SMILES string of the molecule is Cc1cc(C)cc(C(=O)Nc2ccccc2C(C)C)c1. The van der Waals surface area contributed by atoms with Crippen molar-refractivity contribution in [2.75, 3.05) is 5.32 Å². The van der Waals surface area contributed by atoms with Crippen LogP contribution in [0.3, 0.4) is 0 Å². The molecule has 0 heterocycles. The van der Waals surface area contributed by atoms with E-state index in [4.69, 9.17) is 0 Å². The summed E-state index contributed by atoms with van der Waals surface area (Å²) in [5, 5.41) is 3.02. The third-order valence-electron chi connectivity index (χ3n) is 3.31. The summed E-state index contributed by atoms with van der Waals surface area (Å²) in [6.07, 6.45) is 0. The van der Waals surface area contributed by atoms with Crippen molar-refractivity contribution in [2.45, 2.75) is 33.6 Å². The van der Waals surface area contributed by atoms with Crippen LogP contribution in [0.1, 0.15) is 46.8 Å². The molecule has 0 aliphatic carbocycles. The van der Waals surface area contributed by atoms with Crippen LogP contribution >= 0.6 is 0 Å². The Bertz CT molecular complexity index is 609. The molecule has 0 bridgehead atoms. The summed E-state index contributed by atoms with van der Waals surface area (Å²) >= 11 is 0. The number of benzene rings is 2. The van der Waals surface area contributed by atoms with Crippen molar-refractivity contribution < 1.29 is 4.79 Å². The minimum absolute atomic E-state index is 0.0510. The van der Waals surface area contributed by atoms with E-state index in [9.17, 15) is 4.79 Å². The second-order valence-electron chi connectivity index (χ2n) is 5.57. The second kappa shape index (κ2) is 5.91. The van der Waals surface area contributed by atoms with Crippen LogP contribution in [0.15, 0.2) is 42.5 Å². The average Bonchev–Trinajstić information content (AvgIpc) is 2.37. The highest BCUT2D eigenvalue weighted by atomic mass is 16.1. The van der Waals surface area contributed by atoms with Crippen LogP contribution in [0.4, 0.5) is 5.69 Å². The van der Waals surface area contributed by atoms with E-state index >= 15 is 0 Å². The summed E-state index contributed by atoms with van der Waals surface area (Å²) < 4.78 is 0. The lowest BCUT2D eigenvalue weighted by Crippen LogP contribution is -2.14. The topological polar surface area (TPSA) is 29.1 Å². The maximum absolute atomic E-state index is 12.4. The molecule has 0 saturated heterocycles. The minimum atomic E-state index is -0.0510. The predicted molar refractivity (Wildman–Crippen MR) is 84.4 cm³/mol. The van der Waals surface area contributed by atoms with Crippen molar-refractivity contribution in [3.63, 3.8) is 0 Å². The molecular formula is C18H21NO. The molecule has 1 N–H and O–H groups in total. The lowest BCUT2D eigenvalue weighted by atomic mass is 10.0. The normalized spacial score (nSPS) is 10.7. The number of anilines is 1. The molecule has 0 aromatic heterocycles. The van der Waals surface area contributed by atoms with Gasteiger partial charge in [0.25, 0.3) is 5.91 Å². The minimum Gasteiger partial charge on any atom is -0.322 e. The first-order valence-corrected chi connectivity index (χ1v) is 6.96. The van der Waals surface area contributed by atoms with E-state index in [1.807, 2.05) is 44.2 Å². The van der Waals surface area contributed by atoms with E-state index in [1.165, 1.54) is 0 Å². The van der Waals surface area contributed by atoms with Gasteiger partial charge in [0.2, 0.25) is 0 Å². The highest BCUT2D eigenvalue weighted by molar-refractivity contribution is 6.04. The Labute approximate surface area is 120 Å². The van der Waals surface area contributed by atoms with Gasteiger partial charge in [-0.1, -0.05) is 49.2 Å². The van der Waals surface area contributed by atoms with Crippen molar-refractivity contribution in [1.29, 1.82) is 0 Å². The van der Waals surface area contributed by atoms with Crippen LogP contribution < -0.4 is 5.32 Å². The van der Waals surface area contributed by atoms with E-state index in [0.717, 1.165) is 22.4 Å². The first-order valence-electron chi connectivity index (χ1n) is 6.96. The molecule has 2 nitrogen and oxygen atoms in total. The summed E-state index contributed by atoms with van der Waals surface area (Å²) in [6, 6.07) is 13.9. The van der Waals surface area contributed by atoms with Gasteiger partial charge < -0.3 is 5.32 Å². The Hall–Kier alpha value is -2.09. The van der Waals surface area contributed by atoms with Crippen molar-refractivity contribution in [3.05, 3.63) is 64.7 Å². The smallest absolute Gasteiger partial charge is 0.255 e. The number of nitrogens with one attached hydrogen (secondary N) is 1. The van der Waals surface area contributed by atoms with Crippen LogP contribution in [0, 0.1) is 13.8 Å². The third kappa shape index (κ3) is 3.27. The lowest BCUT2D eigenvalue weighted by molar-refractivity contribution is 0.102. The molecule has 2 aromatic rings. The Morgan fingerprint density at radius 3 is 2.20 bits per heavy atom. The van der Waals surface area contributed by atoms with Gasteiger partial charge in [-0.3, -0.25) is 4.79 Å². The summed E-state index contributed by atoms with van der Waals surface area (Å²) in [5.41, 5.74) is 4.97. The van der Waals surface area contributed by atoms with Gasteiger partial charge in [0.15, 0.2) is 0 Å². The Morgan fingerprint density at radius 1 is 1.00 bits per heavy atom. The maximum atomic E-state index is 12.4. The summed E-state index contributed by atoms with van der Waals surface area (Å²) in [4.78, 5) is 12.4. The van der Waals surface area contributed by atoms with Crippen molar-refractivity contribution in [2.24, 2.45) is 0 Å². The molecule has 104 valence electrons. The fourth-order valence-electron chi connectivity index (χ4n) is 2.41. The van der Waals surface area contributed by atoms with Crippen LogP contribution in [0.2, 0.25) is 0 Å². The molecule has 0 unspecified atom stereocenters. The van der Waals surface area contributed by atoms with Gasteiger partial charge in [0.05, 0.1) is 0 Å². The Balaban J connectivity index is 2.28. The summed E-state index contributed by atoms with van der Waals surface area (Å²) in [6.45, 7) is 8.27. The molecule has 0 aliphatic heterocycles. The van der Waals surface area contributed by atoms with Gasteiger partial charge >= 0.3 is 0 Å². The molecule has 0 fully saturated rings. The van der Waals surface area contributed by atoms with E-state index in [2.05, 4.69) is 31.3 Å². The highest BCUT2D eigenvalue weighted by Crippen LogP contribution is 2.24. The molecule has 1 amide bonds. The van der Waals surface area contributed by atoms with Crippen molar-refractivity contribution >= 4 is 11.6 Å². The monoisotopic (exact) mass is 267 g/mol. The van der Waals surface area contributed by atoms with E-state index in [-0.39, 0.29) is 5.91 Å². The van der Waals surface area contributed by atoms with Crippen LogP contribution in [0.25, 0.3) is 0 Å². The number of hydrogen-bond acceptors (Lipinski definition) is 1. The first-order chi connectivity index (χ1) is 9.47. The number of carbonyl (C=O) groups is 1. The molecule has 2 aromatic carbocycles. The van der Waals surface area contributed by atoms with Crippen LogP contribution in [-0.2, 0) is 0 Å². The average molecular weight is 267 g/mol. The highest BCUT2D eigenvalue weighted by Gasteiger charge is 2.11. The summed E-state index contributed by atoms with van der Waals surface area (Å²) in [7, 11) is 0. The molecule has 2 heteroatoms. The van der Waals surface area contributed by atoms with Gasteiger partial charge in [-0.05, 0) is 43.5 Å². The third-order valence-corrected chi connectivity index (χ3v) is 3.31. The van der Waals surface area contributed by atoms with Crippen LogP contribution in [0.5, 0.6) is 0 Å². The maximum Gasteiger partial charge on any atom is 0.255 e. The zero-order valence-electron chi connectivity index (χ0n) is 12.5. The first kappa shape index (κ1) is 14.3. The number of rotatable bonds is 3. The van der Waals surface area contributed by atoms with E-state index in [0.29, 0.717) is 11.5 Å². The number of para-hydroxylation sites is 1. The largest absolute Gasteiger partial charge is 0.322 e. The second-order valence-corrected chi connectivity index (χ2v) is 5.57. The number of amides is 1. The summed E-state index contributed by atoms with van der Waals surface area (Å²) in [5.74, 6) is 0.329. The zero-order valence-corrected chi connectivity index (χ0v) is 12.5. The fourth-order valence-corrected chi connectivity index (χ4v) is 2.41. The zero-order chi connectivity index (χ0) is 14.7. The molecular weight excluding hydrogens is 246 g/mol. The number of aryl methyl sites for hydroxylation is 2. The molecule has 0 atom stereocenters. The standard InChI is InChI=1S/C18H21NO/c1-12(2)16-7-5-6-8-17(16)19-18(20)15-10-13(3)9-14(4)11-15/h5-12H,1-4H3,(H,19,20). The predicted octanol–water partition coefficient (Wildman–Crippen LogP) is 4.68. The lowest BCUT2D eigenvalue weighted by Gasteiger charge is -2.14. The molecule has 0 saturated carbocycles. The van der Waals surface area contributed by atoms with Crippen molar-refractivity contribution in [3.8, 4) is 0 Å². The van der Waals surface area contributed by atoms with Gasteiger partial charge in [-0.15, -0.1) is 0 Å². The van der Waals surface area contributed by atoms with Gasteiger partial charge in [-0.25, -0.2) is 0 Å². The Morgan fingerprint density at radius 2 is 1.60 bits per heavy atom. The fraction of sp³-hybridized carbons (Fsp3) is 0.278. The molecule has 20 heavy (non-hydrogen) atoms. The molecule has 2 rings (SSSR count). The number of hydrogen-bond donors (Lipinski definition) is 1. The molecule has 0 radical (unpaired) electrons. The quantitative estimate of drug-likeness (QED) is 0.859. The molecule has 0 aliphatic rings. The van der Waals surface area contributed by atoms with E-state index in [1.54, 1.807) is 0 Å². The number of carbonyl (C=O) groups excluding carboxylic acids is 1.